The van der Waals surface area contributed by atoms with E-state index in [4.69, 9.17) is 0 Å². The van der Waals surface area contributed by atoms with Crippen molar-refractivity contribution in [1.29, 1.82) is 0 Å². The number of rotatable bonds is 6. The summed E-state index contributed by atoms with van der Waals surface area (Å²) in [6, 6.07) is 0. The second-order valence-corrected chi connectivity index (χ2v) is 11.9. The van der Waals surface area contributed by atoms with Crippen molar-refractivity contribution in [3.63, 3.8) is 0 Å². The molecule has 0 aliphatic heterocycles. The Morgan fingerprint density at radius 2 is 0.967 bits per heavy atom. The number of hydrogen-bond acceptors (Lipinski definition) is 0. The average molecular weight is 423 g/mol. The molecule has 3 fully saturated rings. The van der Waals surface area contributed by atoms with Crippen molar-refractivity contribution in [2.24, 2.45) is 35.5 Å². The fourth-order valence-electron chi connectivity index (χ4n) is 5.76. The summed E-state index contributed by atoms with van der Waals surface area (Å²) >= 11 is 0. The molecule has 0 heterocycles. The lowest BCUT2D eigenvalue weighted by Crippen LogP contribution is -2.12. The van der Waals surface area contributed by atoms with Crippen molar-refractivity contribution in [2.45, 2.75) is 158 Å². The molecule has 0 atom stereocenters. The molecule has 0 aromatic heterocycles. The van der Waals surface area contributed by atoms with Crippen LogP contribution in [0.3, 0.4) is 0 Å². The van der Waals surface area contributed by atoms with Crippen LogP contribution in [0.15, 0.2) is 0 Å². The van der Waals surface area contributed by atoms with Gasteiger partial charge in [-0.2, -0.15) is 0 Å². The van der Waals surface area contributed by atoms with Gasteiger partial charge in [0.2, 0.25) is 0 Å². The number of hydrogen-bond donors (Lipinski definition) is 0. The molecule has 0 bridgehead atoms. The molecule has 0 nitrogen and oxygen atoms in total. The van der Waals surface area contributed by atoms with Crippen molar-refractivity contribution < 1.29 is 0 Å². The average Bonchev–Trinajstić information content (AvgIpc) is 3.21. The maximum atomic E-state index is 2.36. The highest BCUT2D eigenvalue weighted by Crippen LogP contribution is 2.30. The normalized spacial score (nSPS) is 21.1. The van der Waals surface area contributed by atoms with Crippen LogP contribution in [-0.2, 0) is 0 Å². The molecule has 0 N–H and O–H groups in total. The molecule has 3 aliphatic carbocycles. The van der Waals surface area contributed by atoms with Gasteiger partial charge in [0.1, 0.15) is 0 Å². The van der Waals surface area contributed by atoms with Gasteiger partial charge in [-0.1, -0.05) is 152 Å². The third-order valence-corrected chi connectivity index (χ3v) is 7.75. The SMILES string of the molecule is C.CC(C)C1CCCCC1.CC(C)CC1CCCC1.CC(C)CCC1CCCCC1. The van der Waals surface area contributed by atoms with E-state index in [-0.39, 0.29) is 7.43 Å². The van der Waals surface area contributed by atoms with E-state index in [1.54, 1.807) is 0 Å². The summed E-state index contributed by atoms with van der Waals surface area (Å²) < 4.78 is 0. The fourth-order valence-corrected chi connectivity index (χ4v) is 5.76. The quantitative estimate of drug-likeness (QED) is 0.399. The highest BCUT2D eigenvalue weighted by molar-refractivity contribution is 4.69. The van der Waals surface area contributed by atoms with Crippen LogP contribution in [-0.4, -0.2) is 0 Å². The lowest BCUT2D eigenvalue weighted by molar-refractivity contribution is 0.279. The first-order valence-corrected chi connectivity index (χ1v) is 13.9. The van der Waals surface area contributed by atoms with Crippen LogP contribution in [0.25, 0.3) is 0 Å². The van der Waals surface area contributed by atoms with Crippen molar-refractivity contribution in [2.75, 3.05) is 0 Å². The van der Waals surface area contributed by atoms with Gasteiger partial charge in [-0.15, -0.1) is 0 Å². The minimum atomic E-state index is 0. The molecule has 182 valence electrons. The van der Waals surface area contributed by atoms with Gasteiger partial charge in [-0.3, -0.25) is 0 Å². The van der Waals surface area contributed by atoms with E-state index in [1.165, 1.54) is 109 Å². The zero-order valence-electron chi connectivity index (χ0n) is 21.5. The molecule has 30 heavy (non-hydrogen) atoms. The van der Waals surface area contributed by atoms with Crippen LogP contribution < -0.4 is 0 Å². The molecule has 0 spiro atoms. The van der Waals surface area contributed by atoms with Gasteiger partial charge < -0.3 is 0 Å². The van der Waals surface area contributed by atoms with Crippen LogP contribution in [0.5, 0.6) is 0 Å². The zero-order valence-corrected chi connectivity index (χ0v) is 21.5. The molecule has 3 aliphatic rings. The Morgan fingerprint density at radius 1 is 0.533 bits per heavy atom. The Bertz CT molecular complexity index is 335. The fraction of sp³-hybridized carbons (Fsp3) is 1.00. The second-order valence-electron chi connectivity index (χ2n) is 11.9. The molecule has 3 saturated carbocycles. The predicted octanol–water partition coefficient (Wildman–Crippen LogP) is 11.1. The standard InChI is InChI=1S/C11H22.2C9H18.CH4/c1-10(2)8-9-11-6-4-3-5-7-11;1-8(2)7-9-5-3-4-6-9;1-8(2)9-6-4-3-5-7-9;/h10-11H,3-9H2,1-2H3;2*8-9H,3-7H2,1-2H3;1H4. The topological polar surface area (TPSA) is 0 Å². The summed E-state index contributed by atoms with van der Waals surface area (Å²) in [5.74, 6) is 6.00. The van der Waals surface area contributed by atoms with E-state index < -0.39 is 0 Å². The Kier molecular flexibility index (Phi) is 18.6. The van der Waals surface area contributed by atoms with Crippen molar-refractivity contribution in [3.05, 3.63) is 0 Å². The van der Waals surface area contributed by atoms with Gasteiger partial charge in [-0.05, 0) is 41.9 Å². The first-order chi connectivity index (χ1) is 13.9. The molecule has 0 heteroatoms. The van der Waals surface area contributed by atoms with Crippen LogP contribution in [0.1, 0.15) is 158 Å². The smallest absolute Gasteiger partial charge is 0.0391 e. The third-order valence-electron chi connectivity index (χ3n) is 7.75. The Labute approximate surface area is 193 Å². The summed E-state index contributed by atoms with van der Waals surface area (Å²) in [6.45, 7) is 14.0. The van der Waals surface area contributed by atoms with E-state index in [0.29, 0.717) is 0 Å². The van der Waals surface area contributed by atoms with Gasteiger partial charge in [0, 0.05) is 0 Å². The molecular formula is C30H62. The van der Waals surface area contributed by atoms with E-state index in [9.17, 15) is 0 Å². The minimum Gasteiger partial charge on any atom is -0.0776 e. The van der Waals surface area contributed by atoms with Crippen LogP contribution in [0.4, 0.5) is 0 Å². The zero-order chi connectivity index (χ0) is 21.5. The molecule has 3 rings (SSSR count). The van der Waals surface area contributed by atoms with E-state index in [2.05, 4.69) is 41.5 Å². The molecule has 0 aromatic carbocycles. The predicted molar refractivity (Wildman–Crippen MR) is 140 cm³/mol. The molecule has 0 radical (unpaired) electrons. The summed E-state index contributed by atoms with van der Waals surface area (Å²) in [4.78, 5) is 0. The van der Waals surface area contributed by atoms with Crippen molar-refractivity contribution in [3.8, 4) is 0 Å². The monoisotopic (exact) mass is 422 g/mol. The summed E-state index contributed by atoms with van der Waals surface area (Å²) in [7, 11) is 0. The molecule has 0 amide bonds. The Morgan fingerprint density at radius 3 is 1.37 bits per heavy atom. The molecule has 0 unspecified atom stereocenters. The highest BCUT2D eigenvalue weighted by Gasteiger charge is 2.16. The van der Waals surface area contributed by atoms with Gasteiger partial charge in [0.05, 0.1) is 0 Å². The highest BCUT2D eigenvalue weighted by atomic mass is 14.2. The first-order valence-electron chi connectivity index (χ1n) is 13.9. The summed E-state index contributed by atoms with van der Waals surface area (Å²) in [5, 5.41) is 0. The van der Waals surface area contributed by atoms with Gasteiger partial charge in [0.15, 0.2) is 0 Å². The van der Waals surface area contributed by atoms with Crippen LogP contribution in [0, 0.1) is 35.5 Å². The maximum absolute atomic E-state index is 2.36. The lowest BCUT2D eigenvalue weighted by Gasteiger charge is -2.24. The summed E-state index contributed by atoms with van der Waals surface area (Å²) in [6.07, 6.45) is 25.4. The van der Waals surface area contributed by atoms with Crippen molar-refractivity contribution >= 4 is 0 Å². The maximum Gasteiger partial charge on any atom is -0.0391 e. The third kappa shape index (κ3) is 15.8. The molecule has 0 saturated heterocycles. The van der Waals surface area contributed by atoms with Crippen LogP contribution >= 0.6 is 0 Å². The van der Waals surface area contributed by atoms with E-state index >= 15 is 0 Å². The van der Waals surface area contributed by atoms with E-state index in [1.807, 2.05) is 0 Å². The molecule has 0 aromatic rings. The van der Waals surface area contributed by atoms with Crippen molar-refractivity contribution in [1.82, 2.24) is 0 Å². The Hall–Kier alpha value is 0. The van der Waals surface area contributed by atoms with Gasteiger partial charge >= 0.3 is 0 Å². The second kappa shape index (κ2) is 18.6. The first kappa shape index (κ1) is 30.0. The van der Waals surface area contributed by atoms with Crippen LogP contribution in [0.2, 0.25) is 0 Å². The van der Waals surface area contributed by atoms with Gasteiger partial charge in [-0.25, -0.2) is 0 Å². The van der Waals surface area contributed by atoms with Gasteiger partial charge in [0.25, 0.3) is 0 Å². The summed E-state index contributed by atoms with van der Waals surface area (Å²) in [5.41, 5.74) is 0. The largest absolute Gasteiger partial charge is 0.0776 e. The lowest BCUT2D eigenvalue weighted by atomic mass is 9.82. The molecular weight excluding hydrogens is 360 g/mol. The van der Waals surface area contributed by atoms with E-state index in [0.717, 1.165) is 35.5 Å². The Balaban J connectivity index is 0.000000416. The minimum absolute atomic E-state index is 0.